The number of alkyl halides is 6. The summed E-state index contributed by atoms with van der Waals surface area (Å²) in [5, 5.41) is 7.70. The van der Waals surface area contributed by atoms with Crippen LogP contribution in [0.15, 0.2) is 12.4 Å². The Hall–Kier alpha value is -2.90. The molecule has 176 valence electrons. The molecule has 0 saturated carbocycles. The van der Waals surface area contributed by atoms with E-state index < -0.39 is 47.9 Å². The number of aromatic nitrogens is 2. The summed E-state index contributed by atoms with van der Waals surface area (Å²) in [5.41, 5.74) is -2.62. The molecule has 1 aromatic heterocycles. The molecule has 15 heteroatoms. The summed E-state index contributed by atoms with van der Waals surface area (Å²) >= 11 is 6.24. The third-order valence-electron chi connectivity index (χ3n) is 5.25. The first-order valence-corrected chi connectivity index (χ1v) is 9.66. The van der Waals surface area contributed by atoms with E-state index >= 15 is 0 Å². The van der Waals surface area contributed by atoms with Crippen LogP contribution in [0.25, 0.3) is 0 Å². The van der Waals surface area contributed by atoms with Crippen molar-refractivity contribution in [3.05, 3.63) is 18.0 Å². The topological polar surface area (TPSA) is 102 Å². The van der Waals surface area contributed by atoms with Crippen LogP contribution in [0.4, 0.5) is 39.5 Å². The molecule has 3 heterocycles. The molecule has 2 atom stereocenters. The highest BCUT2D eigenvalue weighted by Crippen LogP contribution is 2.43. The second-order valence-corrected chi connectivity index (χ2v) is 7.60. The molecule has 0 radical (unpaired) electrons. The molecule has 2 amide bonds. The summed E-state index contributed by atoms with van der Waals surface area (Å²) in [7, 11) is 2.88. The lowest BCUT2D eigenvalue weighted by molar-refractivity contribution is -0.284. The standard InChI is InChI=1S/C17H19ClF5N7O2/c1-15(11(31)25-3)8-9(24-2)27-14(28-10(8)26-12(15)32)30-7-6-29(13(30)18)5-4-16(19,20)17(21,22)23/h6-7,13H,4-5H2,1-3H3,(H,25,31)(H2,24,26,27,28,32). The number of fused-ring (bicyclic) bond motifs is 1. The summed E-state index contributed by atoms with van der Waals surface area (Å²) in [5.74, 6) is -6.00. The number of rotatable bonds is 6. The molecule has 2 aliphatic heterocycles. The van der Waals surface area contributed by atoms with Crippen LogP contribution in [0.1, 0.15) is 18.9 Å². The van der Waals surface area contributed by atoms with E-state index in [-0.39, 0.29) is 23.1 Å². The SMILES string of the molecule is CNC(=O)C1(C)C(=O)Nc2nc(N3C=CN(CCC(F)(F)C(F)(F)F)C3Cl)nc(NC)c21. The summed E-state index contributed by atoms with van der Waals surface area (Å²) < 4.78 is 63.7. The second-order valence-electron chi connectivity index (χ2n) is 7.21. The number of anilines is 3. The predicted molar refractivity (Wildman–Crippen MR) is 105 cm³/mol. The lowest BCUT2D eigenvalue weighted by atomic mass is 9.83. The average molecular weight is 484 g/mol. The maximum absolute atomic E-state index is 13.2. The van der Waals surface area contributed by atoms with Gasteiger partial charge in [-0.1, -0.05) is 11.6 Å². The van der Waals surface area contributed by atoms with Crippen LogP contribution in [0.5, 0.6) is 0 Å². The summed E-state index contributed by atoms with van der Waals surface area (Å²) in [4.78, 5) is 35.7. The van der Waals surface area contributed by atoms with Crippen molar-refractivity contribution in [2.24, 2.45) is 0 Å². The molecular formula is C17H19ClF5N7O2. The van der Waals surface area contributed by atoms with E-state index in [0.717, 1.165) is 4.90 Å². The Balaban J connectivity index is 1.87. The van der Waals surface area contributed by atoms with Crippen LogP contribution in [-0.4, -0.2) is 65.0 Å². The van der Waals surface area contributed by atoms with Gasteiger partial charge in [-0.05, 0) is 6.92 Å². The van der Waals surface area contributed by atoms with Crippen LogP contribution < -0.4 is 20.9 Å². The second kappa shape index (κ2) is 7.90. The molecule has 32 heavy (non-hydrogen) atoms. The number of nitrogens with zero attached hydrogens (tertiary/aromatic N) is 4. The Kier molecular flexibility index (Phi) is 5.87. The van der Waals surface area contributed by atoms with Gasteiger partial charge in [-0.2, -0.15) is 31.9 Å². The number of likely N-dealkylation sites (N-methyl/N-ethyl adjacent to an activating group) is 1. The van der Waals surface area contributed by atoms with E-state index in [1.54, 1.807) is 0 Å². The first kappa shape index (κ1) is 23.8. The third-order valence-corrected chi connectivity index (χ3v) is 5.71. The largest absolute Gasteiger partial charge is 0.453 e. The van der Waals surface area contributed by atoms with Gasteiger partial charge in [0.2, 0.25) is 17.8 Å². The van der Waals surface area contributed by atoms with Crippen LogP contribution in [0.3, 0.4) is 0 Å². The molecule has 0 fully saturated rings. The fraction of sp³-hybridized carbons (Fsp3) is 0.529. The molecule has 0 saturated heterocycles. The maximum Gasteiger partial charge on any atom is 0.453 e. The molecule has 2 aliphatic rings. The van der Waals surface area contributed by atoms with Crippen molar-refractivity contribution in [1.82, 2.24) is 20.2 Å². The lowest BCUT2D eigenvalue weighted by Crippen LogP contribution is -2.46. The van der Waals surface area contributed by atoms with Crippen molar-refractivity contribution in [2.75, 3.05) is 36.2 Å². The average Bonchev–Trinajstić information content (AvgIpc) is 3.21. The zero-order valence-corrected chi connectivity index (χ0v) is 17.8. The molecule has 0 aliphatic carbocycles. The number of carbonyl (C=O) groups is 2. The van der Waals surface area contributed by atoms with Crippen molar-refractivity contribution in [1.29, 1.82) is 0 Å². The van der Waals surface area contributed by atoms with E-state index in [1.807, 2.05) is 0 Å². The van der Waals surface area contributed by atoms with Gasteiger partial charge in [0.1, 0.15) is 11.6 Å². The number of hydrogen-bond acceptors (Lipinski definition) is 7. The normalized spacial score (nSPS) is 22.8. The summed E-state index contributed by atoms with van der Waals surface area (Å²) in [6.07, 6.45) is -4.63. The number of carbonyl (C=O) groups excluding carboxylic acids is 2. The number of nitrogens with one attached hydrogen (secondary N) is 3. The minimum absolute atomic E-state index is 0.0368. The monoisotopic (exact) mass is 483 g/mol. The Bertz CT molecular complexity index is 973. The first-order chi connectivity index (χ1) is 14.8. The third kappa shape index (κ3) is 3.65. The molecular weight excluding hydrogens is 465 g/mol. The Morgan fingerprint density at radius 1 is 1.25 bits per heavy atom. The maximum atomic E-state index is 13.2. The highest BCUT2D eigenvalue weighted by Gasteiger charge is 2.57. The van der Waals surface area contributed by atoms with Crippen molar-refractivity contribution >= 4 is 41.0 Å². The fourth-order valence-corrected chi connectivity index (χ4v) is 3.65. The van der Waals surface area contributed by atoms with Gasteiger partial charge in [-0.15, -0.1) is 0 Å². The van der Waals surface area contributed by atoms with Gasteiger partial charge in [0.05, 0.1) is 5.56 Å². The van der Waals surface area contributed by atoms with Crippen molar-refractivity contribution in [3.63, 3.8) is 0 Å². The Labute approximate surface area is 184 Å². The minimum atomic E-state index is -5.67. The van der Waals surface area contributed by atoms with Gasteiger partial charge < -0.3 is 20.9 Å². The summed E-state index contributed by atoms with van der Waals surface area (Å²) in [6, 6.07) is 0. The van der Waals surface area contributed by atoms with Gasteiger partial charge in [-0.3, -0.25) is 14.5 Å². The van der Waals surface area contributed by atoms with Crippen LogP contribution in [0.2, 0.25) is 0 Å². The van der Waals surface area contributed by atoms with Crippen molar-refractivity contribution in [2.45, 2.75) is 36.5 Å². The lowest BCUT2D eigenvalue weighted by Gasteiger charge is -2.29. The minimum Gasteiger partial charge on any atom is -0.373 e. The zero-order chi connectivity index (χ0) is 24.1. The molecule has 3 N–H and O–H groups in total. The highest BCUT2D eigenvalue weighted by atomic mass is 35.5. The van der Waals surface area contributed by atoms with E-state index in [1.165, 1.54) is 38.3 Å². The van der Waals surface area contributed by atoms with Crippen LogP contribution >= 0.6 is 11.6 Å². The van der Waals surface area contributed by atoms with Gasteiger partial charge in [0, 0.05) is 39.5 Å². The van der Waals surface area contributed by atoms with Crippen molar-refractivity contribution < 1.29 is 31.5 Å². The smallest absolute Gasteiger partial charge is 0.373 e. The first-order valence-electron chi connectivity index (χ1n) is 9.23. The van der Waals surface area contributed by atoms with Crippen molar-refractivity contribution in [3.8, 4) is 0 Å². The molecule has 0 aromatic carbocycles. The molecule has 1 aromatic rings. The molecule has 0 bridgehead atoms. The molecule has 0 spiro atoms. The molecule has 2 unspecified atom stereocenters. The van der Waals surface area contributed by atoms with E-state index in [4.69, 9.17) is 11.6 Å². The van der Waals surface area contributed by atoms with Crippen LogP contribution in [0, 0.1) is 0 Å². The molecule has 9 nitrogen and oxygen atoms in total. The van der Waals surface area contributed by atoms with Gasteiger partial charge in [-0.25, -0.2) is 0 Å². The van der Waals surface area contributed by atoms with Gasteiger partial charge >= 0.3 is 12.1 Å². The van der Waals surface area contributed by atoms with Gasteiger partial charge in [0.15, 0.2) is 11.0 Å². The number of halogens is 6. The summed E-state index contributed by atoms with van der Waals surface area (Å²) in [6.45, 7) is 0.711. The Morgan fingerprint density at radius 2 is 1.91 bits per heavy atom. The van der Waals surface area contributed by atoms with E-state index in [9.17, 15) is 31.5 Å². The zero-order valence-electron chi connectivity index (χ0n) is 17.0. The van der Waals surface area contributed by atoms with E-state index in [0.29, 0.717) is 0 Å². The quantitative estimate of drug-likeness (QED) is 0.247. The fourth-order valence-electron chi connectivity index (χ4n) is 3.34. The number of hydrogen-bond donors (Lipinski definition) is 3. The Morgan fingerprint density at radius 3 is 2.47 bits per heavy atom. The van der Waals surface area contributed by atoms with Gasteiger partial charge in [0.25, 0.3) is 0 Å². The predicted octanol–water partition coefficient (Wildman–Crippen LogP) is 2.18. The number of amides is 2. The molecule has 3 rings (SSSR count). The highest BCUT2D eigenvalue weighted by molar-refractivity contribution is 6.22. The van der Waals surface area contributed by atoms with Crippen LogP contribution in [-0.2, 0) is 15.0 Å². The van der Waals surface area contributed by atoms with E-state index in [2.05, 4.69) is 25.9 Å².